The number of hydrogen-bond donors (Lipinski definition) is 1. The normalized spacial score (nSPS) is 48.0. The van der Waals surface area contributed by atoms with Gasteiger partial charge >= 0.3 is 0 Å². The summed E-state index contributed by atoms with van der Waals surface area (Å²) in [6.07, 6.45) is 9.75. The summed E-state index contributed by atoms with van der Waals surface area (Å²) in [6, 6.07) is 0. The summed E-state index contributed by atoms with van der Waals surface area (Å²) in [4.78, 5) is 11.9. The molecule has 1 N–H and O–H groups in total. The van der Waals surface area contributed by atoms with Crippen LogP contribution in [0.4, 0.5) is 0 Å². The maximum atomic E-state index is 11.9. The third kappa shape index (κ3) is 2.50. The van der Waals surface area contributed by atoms with Crippen LogP contribution in [0.2, 0.25) is 0 Å². The van der Waals surface area contributed by atoms with E-state index in [0.717, 1.165) is 32.1 Å². The number of methoxy groups -OCH3 is 1. The third-order valence-electron chi connectivity index (χ3n) is 8.27. The predicted molar refractivity (Wildman–Crippen MR) is 103 cm³/mol. The van der Waals surface area contributed by atoms with Crippen molar-refractivity contribution >= 4 is 17.4 Å². The Balaban J connectivity index is 1.72. The monoisotopic (exact) mass is 378 g/mol. The summed E-state index contributed by atoms with van der Waals surface area (Å²) in [5, 5.41) is 12.1. The van der Waals surface area contributed by atoms with Crippen LogP contribution in [0.15, 0.2) is 22.8 Å². The van der Waals surface area contributed by atoms with E-state index in [1.807, 2.05) is 12.2 Å². The molecule has 144 valence electrons. The topological polar surface area (TPSA) is 46.5 Å². The molecule has 7 atom stereocenters. The fourth-order valence-corrected chi connectivity index (χ4v) is 7.34. The Hall–Kier alpha value is -0.640. The molecule has 0 radical (unpaired) electrons. The molecule has 1 unspecified atom stereocenters. The number of aliphatic hydroxyl groups is 1. The Labute approximate surface area is 161 Å². The molecule has 4 aliphatic rings. The van der Waals surface area contributed by atoms with Gasteiger partial charge in [0.25, 0.3) is 0 Å². The Morgan fingerprint density at radius 3 is 2.88 bits per heavy atom. The molecule has 0 amide bonds. The molecule has 4 heteroatoms. The van der Waals surface area contributed by atoms with Gasteiger partial charge in [-0.3, -0.25) is 4.79 Å². The zero-order chi connectivity index (χ0) is 18.7. The van der Waals surface area contributed by atoms with Crippen LogP contribution < -0.4 is 0 Å². The number of ketones is 1. The molecule has 0 aromatic rings. The average molecular weight is 379 g/mol. The van der Waals surface area contributed by atoms with Crippen molar-refractivity contribution in [2.24, 2.45) is 35.0 Å². The van der Waals surface area contributed by atoms with Gasteiger partial charge in [-0.1, -0.05) is 37.1 Å². The fourth-order valence-electron chi connectivity index (χ4n) is 6.98. The van der Waals surface area contributed by atoms with E-state index in [-0.39, 0.29) is 12.0 Å². The number of fused-ring (bicyclic) bond motifs is 5. The highest BCUT2D eigenvalue weighted by molar-refractivity contribution is 6.30. The van der Waals surface area contributed by atoms with E-state index in [1.165, 1.54) is 5.57 Å². The van der Waals surface area contributed by atoms with Crippen LogP contribution in [-0.4, -0.2) is 30.2 Å². The van der Waals surface area contributed by atoms with Crippen LogP contribution in [0, 0.1) is 35.0 Å². The molecule has 0 bridgehead atoms. The Bertz CT molecular complexity index is 668. The minimum Gasteiger partial charge on any atom is -0.381 e. The third-order valence-corrected chi connectivity index (χ3v) is 8.74. The Kier molecular flexibility index (Phi) is 4.65. The second-order valence-electron chi connectivity index (χ2n) is 9.40. The number of carbonyl (C=O) groups is 1. The minimum absolute atomic E-state index is 0.254. The van der Waals surface area contributed by atoms with Crippen LogP contribution >= 0.6 is 11.6 Å². The molecule has 0 aliphatic heterocycles. The highest BCUT2D eigenvalue weighted by Gasteiger charge is 2.62. The molecule has 4 aliphatic carbocycles. The van der Waals surface area contributed by atoms with Gasteiger partial charge in [0.2, 0.25) is 0 Å². The maximum absolute atomic E-state index is 11.9. The van der Waals surface area contributed by atoms with Gasteiger partial charge in [0.1, 0.15) is 5.60 Å². The van der Waals surface area contributed by atoms with Crippen molar-refractivity contribution in [1.82, 2.24) is 0 Å². The van der Waals surface area contributed by atoms with E-state index >= 15 is 0 Å². The van der Waals surface area contributed by atoms with Gasteiger partial charge in [-0.25, -0.2) is 0 Å². The van der Waals surface area contributed by atoms with Gasteiger partial charge < -0.3 is 9.84 Å². The summed E-state index contributed by atoms with van der Waals surface area (Å²) >= 11 is 6.53. The van der Waals surface area contributed by atoms with Crippen LogP contribution in [0.25, 0.3) is 0 Å². The van der Waals surface area contributed by atoms with E-state index in [2.05, 4.69) is 13.8 Å². The summed E-state index contributed by atoms with van der Waals surface area (Å²) < 4.78 is 5.41. The first kappa shape index (κ1) is 18.7. The van der Waals surface area contributed by atoms with Gasteiger partial charge in [0.15, 0.2) is 5.78 Å². The predicted octanol–water partition coefficient (Wildman–Crippen LogP) is 4.48. The molecule has 4 rings (SSSR count). The molecule has 2 saturated carbocycles. The van der Waals surface area contributed by atoms with Crippen LogP contribution in [0.5, 0.6) is 0 Å². The first-order valence-electron chi connectivity index (χ1n) is 10.1. The summed E-state index contributed by atoms with van der Waals surface area (Å²) in [7, 11) is 1.64. The van der Waals surface area contributed by atoms with E-state index in [4.69, 9.17) is 16.3 Å². The molecular weight excluding hydrogens is 348 g/mol. The van der Waals surface area contributed by atoms with Crippen molar-refractivity contribution in [1.29, 1.82) is 0 Å². The van der Waals surface area contributed by atoms with Crippen molar-refractivity contribution in [3.8, 4) is 0 Å². The highest BCUT2D eigenvalue weighted by atomic mass is 35.5. The Morgan fingerprint density at radius 1 is 1.38 bits per heavy atom. The van der Waals surface area contributed by atoms with E-state index in [1.54, 1.807) is 7.11 Å². The summed E-state index contributed by atoms with van der Waals surface area (Å²) in [5.74, 6) is 3.04. The number of carbonyl (C=O) groups excluding carboxylic acids is 1. The van der Waals surface area contributed by atoms with E-state index in [9.17, 15) is 9.90 Å². The number of allylic oxidation sites excluding steroid dienone is 3. The number of halogens is 1. The van der Waals surface area contributed by atoms with Gasteiger partial charge in [-0.05, 0) is 67.8 Å². The number of ether oxygens (including phenoxy) is 1. The SMILES string of the molecule is COCC1(O)C(Cl)=CC[C@H]2[C@H]3[C@H](CC[C@@]21C)[C@H]1CCC(=O)C=C1C[C@H]3C. The quantitative estimate of drug-likeness (QED) is 0.770. The van der Waals surface area contributed by atoms with Gasteiger partial charge in [0, 0.05) is 24.0 Å². The van der Waals surface area contributed by atoms with Gasteiger partial charge in [-0.2, -0.15) is 0 Å². The van der Waals surface area contributed by atoms with Crippen LogP contribution in [0.1, 0.15) is 52.4 Å². The second-order valence-corrected chi connectivity index (χ2v) is 9.80. The first-order valence-corrected chi connectivity index (χ1v) is 10.5. The van der Waals surface area contributed by atoms with Crippen molar-refractivity contribution in [2.75, 3.05) is 13.7 Å². The molecular formula is C22H31ClO3. The molecule has 3 nitrogen and oxygen atoms in total. The lowest BCUT2D eigenvalue weighted by molar-refractivity contribution is -0.170. The smallest absolute Gasteiger partial charge is 0.155 e. The summed E-state index contributed by atoms with van der Waals surface area (Å²) in [6.45, 7) is 4.82. The average Bonchev–Trinajstić information content (AvgIpc) is 2.59. The molecule has 0 aromatic heterocycles. The number of rotatable bonds is 2. The zero-order valence-corrected chi connectivity index (χ0v) is 16.9. The zero-order valence-electron chi connectivity index (χ0n) is 16.1. The van der Waals surface area contributed by atoms with Gasteiger partial charge in [-0.15, -0.1) is 0 Å². The molecule has 2 fully saturated rings. The van der Waals surface area contributed by atoms with E-state index < -0.39 is 5.60 Å². The largest absolute Gasteiger partial charge is 0.381 e. The van der Waals surface area contributed by atoms with Crippen molar-refractivity contribution in [3.63, 3.8) is 0 Å². The summed E-state index contributed by atoms with van der Waals surface area (Å²) in [5.41, 5.74) is 0.0565. The van der Waals surface area contributed by atoms with Crippen LogP contribution in [0.3, 0.4) is 0 Å². The lowest BCUT2D eigenvalue weighted by Gasteiger charge is -2.62. The van der Waals surface area contributed by atoms with Crippen molar-refractivity contribution in [3.05, 3.63) is 22.8 Å². The van der Waals surface area contributed by atoms with Crippen molar-refractivity contribution in [2.45, 2.75) is 58.0 Å². The lowest BCUT2D eigenvalue weighted by atomic mass is 9.44. The fraction of sp³-hybridized carbons (Fsp3) is 0.773. The molecule has 26 heavy (non-hydrogen) atoms. The molecule has 0 aromatic carbocycles. The standard InChI is InChI=1S/C22H31ClO3/c1-13-10-14-11-15(24)4-5-16(14)17-8-9-21(2)18(20(13)17)6-7-19(23)22(21,25)12-26-3/h7,11,13,16-18,20,25H,4-6,8-10,12H2,1-3H3/t13-,16+,17-,18+,20-,21+,22?/m1/s1. The number of hydrogen-bond acceptors (Lipinski definition) is 3. The van der Waals surface area contributed by atoms with Crippen LogP contribution in [-0.2, 0) is 9.53 Å². The molecule has 0 heterocycles. The Morgan fingerprint density at radius 2 is 2.15 bits per heavy atom. The first-order chi connectivity index (χ1) is 12.3. The highest BCUT2D eigenvalue weighted by Crippen LogP contribution is 2.64. The van der Waals surface area contributed by atoms with E-state index in [0.29, 0.717) is 46.8 Å². The minimum atomic E-state index is -1.09. The maximum Gasteiger partial charge on any atom is 0.155 e. The second kappa shape index (κ2) is 6.46. The molecule has 0 saturated heterocycles. The molecule has 0 spiro atoms. The lowest BCUT2D eigenvalue weighted by Crippen LogP contribution is -2.62. The van der Waals surface area contributed by atoms with Gasteiger partial charge in [0.05, 0.1) is 6.61 Å². The van der Waals surface area contributed by atoms with Crippen molar-refractivity contribution < 1.29 is 14.6 Å².